The van der Waals surface area contributed by atoms with E-state index in [4.69, 9.17) is 18.9 Å². The van der Waals surface area contributed by atoms with E-state index in [0.717, 1.165) is 18.6 Å². The van der Waals surface area contributed by atoms with Crippen molar-refractivity contribution in [2.24, 2.45) is 0 Å². The lowest BCUT2D eigenvalue weighted by molar-refractivity contribution is -0.0861. The molecule has 1 rings (SSSR count). The Labute approximate surface area is 138 Å². The number of aryl methyl sites for hydroxylation is 1. The Balaban J connectivity index is 2.47. The smallest absolute Gasteiger partial charge is 0.188 e. The largest absolute Gasteiger partial charge is 0.468 e. The van der Waals surface area contributed by atoms with Gasteiger partial charge >= 0.3 is 0 Å². The lowest BCUT2D eigenvalue weighted by Gasteiger charge is -2.20. The van der Waals surface area contributed by atoms with Gasteiger partial charge in [-0.1, -0.05) is 18.2 Å². The van der Waals surface area contributed by atoms with Crippen molar-refractivity contribution in [1.82, 2.24) is 0 Å². The number of rotatable bonds is 13. The van der Waals surface area contributed by atoms with Crippen molar-refractivity contribution >= 4 is 0 Å². The van der Waals surface area contributed by atoms with Crippen LogP contribution in [-0.2, 0) is 20.6 Å². The summed E-state index contributed by atoms with van der Waals surface area (Å²) in [5.41, 5.74) is 1.19. The van der Waals surface area contributed by atoms with Crippen LogP contribution in [0.1, 0.15) is 24.8 Å². The second-order valence-electron chi connectivity index (χ2n) is 5.34. The van der Waals surface area contributed by atoms with Crippen molar-refractivity contribution in [2.75, 3.05) is 27.8 Å². The molecule has 0 bridgehead atoms. The van der Waals surface area contributed by atoms with Gasteiger partial charge in [-0.15, -0.1) is 6.58 Å². The first kappa shape index (κ1) is 19.6. The van der Waals surface area contributed by atoms with E-state index in [1.54, 1.807) is 20.3 Å². The number of hydrogen-bond donors (Lipinski definition) is 1. The van der Waals surface area contributed by atoms with Crippen LogP contribution >= 0.6 is 0 Å². The zero-order valence-electron chi connectivity index (χ0n) is 14.1. The van der Waals surface area contributed by atoms with E-state index < -0.39 is 6.10 Å². The normalized spacial score (nSPS) is 13.5. The molecule has 5 heteroatoms. The van der Waals surface area contributed by atoms with Gasteiger partial charge in [-0.2, -0.15) is 0 Å². The van der Waals surface area contributed by atoms with E-state index in [1.807, 2.05) is 24.3 Å². The van der Waals surface area contributed by atoms with E-state index in [1.165, 1.54) is 5.56 Å². The fourth-order valence-corrected chi connectivity index (χ4v) is 2.23. The van der Waals surface area contributed by atoms with Gasteiger partial charge in [0.2, 0.25) is 0 Å². The zero-order valence-corrected chi connectivity index (χ0v) is 14.1. The van der Waals surface area contributed by atoms with Gasteiger partial charge in [0.1, 0.15) is 12.5 Å². The molecule has 0 aliphatic rings. The van der Waals surface area contributed by atoms with E-state index >= 15 is 0 Å². The maximum Gasteiger partial charge on any atom is 0.188 e. The van der Waals surface area contributed by atoms with E-state index in [9.17, 15) is 5.11 Å². The summed E-state index contributed by atoms with van der Waals surface area (Å²) in [6, 6.07) is 7.90. The molecule has 2 atom stereocenters. The SMILES string of the molecule is C=CC[C@H](O)C[C@H](CCc1ccc(OCOC)cc1)OCOC. The third-order valence-electron chi connectivity index (χ3n) is 3.42. The van der Waals surface area contributed by atoms with Crippen LogP contribution in [0.3, 0.4) is 0 Å². The minimum atomic E-state index is -0.431. The third-order valence-corrected chi connectivity index (χ3v) is 3.42. The molecule has 0 amide bonds. The third kappa shape index (κ3) is 8.71. The second-order valence-corrected chi connectivity index (χ2v) is 5.34. The molecule has 5 nitrogen and oxygen atoms in total. The van der Waals surface area contributed by atoms with Crippen molar-refractivity contribution in [3.05, 3.63) is 42.5 Å². The van der Waals surface area contributed by atoms with Crippen molar-refractivity contribution in [3.8, 4) is 5.75 Å². The fraction of sp³-hybridized carbons (Fsp3) is 0.556. The number of aliphatic hydroxyl groups excluding tert-OH is 1. The molecule has 1 N–H and O–H groups in total. The predicted molar refractivity (Wildman–Crippen MR) is 89.5 cm³/mol. The lowest BCUT2D eigenvalue weighted by Crippen LogP contribution is -2.22. The highest BCUT2D eigenvalue weighted by Gasteiger charge is 2.14. The molecule has 0 fully saturated rings. The Morgan fingerprint density at radius 1 is 1.13 bits per heavy atom. The number of hydrogen-bond acceptors (Lipinski definition) is 5. The molecule has 0 spiro atoms. The van der Waals surface area contributed by atoms with Crippen molar-refractivity contribution < 1.29 is 24.1 Å². The number of aliphatic hydroxyl groups is 1. The Hall–Kier alpha value is -1.40. The van der Waals surface area contributed by atoms with E-state index in [-0.39, 0.29) is 19.7 Å². The fourth-order valence-electron chi connectivity index (χ4n) is 2.23. The van der Waals surface area contributed by atoms with Gasteiger partial charge in [0.15, 0.2) is 6.79 Å². The van der Waals surface area contributed by atoms with Gasteiger partial charge in [0.25, 0.3) is 0 Å². The molecule has 0 heterocycles. The van der Waals surface area contributed by atoms with Crippen LogP contribution < -0.4 is 4.74 Å². The first-order valence-corrected chi connectivity index (χ1v) is 7.79. The number of benzene rings is 1. The summed E-state index contributed by atoms with van der Waals surface area (Å²) >= 11 is 0. The minimum Gasteiger partial charge on any atom is -0.468 e. The molecule has 130 valence electrons. The van der Waals surface area contributed by atoms with Gasteiger partial charge in [-0.25, -0.2) is 0 Å². The van der Waals surface area contributed by atoms with Crippen molar-refractivity contribution in [1.29, 1.82) is 0 Å². The summed E-state index contributed by atoms with van der Waals surface area (Å²) in [4.78, 5) is 0. The Bertz CT molecular complexity index is 418. The molecule has 0 aliphatic carbocycles. The highest BCUT2D eigenvalue weighted by Crippen LogP contribution is 2.17. The quantitative estimate of drug-likeness (QED) is 0.446. The monoisotopic (exact) mass is 324 g/mol. The second kappa shape index (κ2) is 12.1. The summed E-state index contributed by atoms with van der Waals surface area (Å²) in [5, 5.41) is 9.91. The van der Waals surface area contributed by atoms with Gasteiger partial charge in [0, 0.05) is 14.2 Å². The molecular formula is C18H28O5. The summed E-state index contributed by atoms with van der Waals surface area (Å²) in [7, 11) is 3.19. The minimum absolute atomic E-state index is 0.0469. The molecule has 0 unspecified atom stereocenters. The van der Waals surface area contributed by atoms with Crippen molar-refractivity contribution in [2.45, 2.75) is 37.9 Å². The molecule has 23 heavy (non-hydrogen) atoms. The molecule has 0 saturated heterocycles. The van der Waals surface area contributed by atoms with Crippen LogP contribution in [0.2, 0.25) is 0 Å². The lowest BCUT2D eigenvalue weighted by atomic mass is 10.0. The first-order chi connectivity index (χ1) is 11.2. The maximum absolute atomic E-state index is 9.91. The molecule has 0 aromatic heterocycles. The van der Waals surface area contributed by atoms with Gasteiger partial charge in [-0.3, -0.25) is 0 Å². The highest BCUT2D eigenvalue weighted by molar-refractivity contribution is 5.27. The maximum atomic E-state index is 9.91. The van der Waals surface area contributed by atoms with Crippen LogP contribution in [0.4, 0.5) is 0 Å². The predicted octanol–water partition coefficient (Wildman–Crippen LogP) is 2.92. The number of ether oxygens (including phenoxy) is 4. The van der Waals surface area contributed by atoms with Crippen LogP contribution in [0, 0.1) is 0 Å². The van der Waals surface area contributed by atoms with Gasteiger partial charge in [-0.05, 0) is 43.4 Å². The first-order valence-electron chi connectivity index (χ1n) is 7.79. The standard InChI is InChI=1S/C18H28O5/c1-4-5-16(19)12-18(23-14-21-3)11-8-15-6-9-17(10-7-15)22-13-20-2/h4,6-7,9-10,16,18-19H,1,5,8,11-14H2,2-3H3/t16-,18-/m0/s1. The average molecular weight is 324 g/mol. The number of methoxy groups -OCH3 is 2. The zero-order chi connectivity index (χ0) is 16.9. The van der Waals surface area contributed by atoms with Crippen molar-refractivity contribution in [3.63, 3.8) is 0 Å². The Morgan fingerprint density at radius 3 is 2.43 bits per heavy atom. The van der Waals surface area contributed by atoms with Crippen LogP contribution in [0.25, 0.3) is 0 Å². The van der Waals surface area contributed by atoms with Crippen LogP contribution in [0.5, 0.6) is 5.75 Å². The summed E-state index contributed by atoms with van der Waals surface area (Å²) < 4.78 is 20.8. The molecule has 0 radical (unpaired) electrons. The summed E-state index contributed by atoms with van der Waals surface area (Å²) in [5.74, 6) is 0.782. The van der Waals surface area contributed by atoms with Gasteiger partial charge < -0.3 is 24.1 Å². The highest BCUT2D eigenvalue weighted by atomic mass is 16.7. The molecule has 0 aliphatic heterocycles. The summed E-state index contributed by atoms with van der Waals surface area (Å²) in [6.07, 6.45) is 4.06. The van der Waals surface area contributed by atoms with Crippen LogP contribution in [-0.4, -0.2) is 45.1 Å². The Kier molecular flexibility index (Phi) is 10.3. The molecule has 0 saturated carbocycles. The van der Waals surface area contributed by atoms with E-state index in [2.05, 4.69) is 6.58 Å². The topological polar surface area (TPSA) is 57.2 Å². The molecular weight excluding hydrogens is 296 g/mol. The molecule has 1 aromatic carbocycles. The van der Waals surface area contributed by atoms with E-state index in [0.29, 0.717) is 12.8 Å². The van der Waals surface area contributed by atoms with Crippen LogP contribution in [0.15, 0.2) is 36.9 Å². The summed E-state index contributed by atoms with van der Waals surface area (Å²) in [6.45, 7) is 4.12. The molecule has 1 aromatic rings. The Morgan fingerprint density at radius 2 is 1.83 bits per heavy atom. The van der Waals surface area contributed by atoms with Gasteiger partial charge in [0.05, 0.1) is 12.2 Å². The average Bonchev–Trinajstić information content (AvgIpc) is 2.56.